The lowest BCUT2D eigenvalue weighted by Gasteiger charge is -2.36. The van der Waals surface area contributed by atoms with Crippen LogP contribution in [-0.4, -0.2) is 28.6 Å². The Labute approximate surface area is 130 Å². The van der Waals surface area contributed by atoms with E-state index < -0.39 is 0 Å². The van der Waals surface area contributed by atoms with Crippen molar-refractivity contribution in [2.45, 2.75) is 52.1 Å². The number of rotatable bonds is 2. The smallest absolute Gasteiger partial charge is 0.249 e. The van der Waals surface area contributed by atoms with Gasteiger partial charge in [0.2, 0.25) is 11.8 Å². The van der Waals surface area contributed by atoms with Crippen LogP contribution in [0.15, 0.2) is 23.2 Å². The molecule has 0 spiro atoms. The maximum absolute atomic E-state index is 12.1. The summed E-state index contributed by atoms with van der Waals surface area (Å²) in [6, 6.07) is 6.03. The summed E-state index contributed by atoms with van der Waals surface area (Å²) in [5, 5.41) is 2.43. The highest BCUT2D eigenvalue weighted by Crippen LogP contribution is 2.31. The normalized spacial score (nSPS) is 21.5. The molecular weight excluding hydrogens is 278 g/mol. The van der Waals surface area contributed by atoms with Gasteiger partial charge in [0.15, 0.2) is 0 Å². The minimum atomic E-state index is -0.308. The summed E-state index contributed by atoms with van der Waals surface area (Å²) in [5.74, 6) is 0.894. The maximum Gasteiger partial charge on any atom is 0.249 e. The highest BCUT2D eigenvalue weighted by atomic mass is 16.2. The Bertz CT molecular complexity index is 664. The van der Waals surface area contributed by atoms with Gasteiger partial charge < -0.3 is 4.90 Å². The Kier molecular flexibility index (Phi) is 3.72. The van der Waals surface area contributed by atoms with Gasteiger partial charge in [0.05, 0.1) is 5.69 Å². The lowest BCUT2D eigenvalue weighted by atomic mass is 9.97. The van der Waals surface area contributed by atoms with Crippen LogP contribution in [0.5, 0.6) is 0 Å². The van der Waals surface area contributed by atoms with Crippen molar-refractivity contribution in [1.82, 2.24) is 10.2 Å². The van der Waals surface area contributed by atoms with Crippen LogP contribution >= 0.6 is 0 Å². The van der Waals surface area contributed by atoms with Crippen molar-refractivity contribution in [2.24, 2.45) is 4.99 Å². The first-order chi connectivity index (χ1) is 10.5. The molecule has 2 amide bonds. The molecule has 3 rings (SSSR count). The average Bonchev–Trinajstić information content (AvgIpc) is 2.46. The fourth-order valence-electron chi connectivity index (χ4n) is 3.05. The van der Waals surface area contributed by atoms with Crippen LogP contribution in [0.2, 0.25) is 0 Å². The quantitative estimate of drug-likeness (QED) is 0.853. The van der Waals surface area contributed by atoms with Gasteiger partial charge >= 0.3 is 0 Å². The molecule has 116 valence electrons. The van der Waals surface area contributed by atoms with E-state index >= 15 is 0 Å². The van der Waals surface area contributed by atoms with Gasteiger partial charge in [-0.2, -0.15) is 0 Å². The van der Waals surface area contributed by atoms with Gasteiger partial charge in [-0.05, 0) is 36.5 Å². The third kappa shape index (κ3) is 2.63. The number of carbonyl (C=O) groups is 2. The first kappa shape index (κ1) is 14.8. The molecule has 0 aromatic heterocycles. The summed E-state index contributed by atoms with van der Waals surface area (Å²) in [6.45, 7) is 6.91. The summed E-state index contributed by atoms with van der Waals surface area (Å²) in [4.78, 5) is 30.1. The number of fused-ring (bicyclic) bond motifs is 1. The number of piperidine rings is 1. The number of benzene rings is 1. The van der Waals surface area contributed by atoms with E-state index in [1.807, 2.05) is 11.8 Å². The van der Waals surface area contributed by atoms with Crippen LogP contribution in [0.3, 0.4) is 0 Å². The first-order valence-electron chi connectivity index (χ1n) is 7.74. The van der Waals surface area contributed by atoms with E-state index in [0.29, 0.717) is 25.3 Å². The van der Waals surface area contributed by atoms with Gasteiger partial charge in [0.25, 0.3) is 0 Å². The number of amides is 2. The molecule has 0 aliphatic carbocycles. The van der Waals surface area contributed by atoms with Crippen LogP contribution in [0.25, 0.3) is 0 Å². The molecule has 0 saturated carbocycles. The van der Waals surface area contributed by atoms with Gasteiger partial charge in [0.1, 0.15) is 11.9 Å². The number of nitrogens with zero attached hydrogens (tertiary/aromatic N) is 2. The predicted octanol–water partition coefficient (Wildman–Crippen LogP) is 2.48. The molecule has 1 saturated heterocycles. The van der Waals surface area contributed by atoms with Crippen LogP contribution in [0, 0.1) is 0 Å². The summed E-state index contributed by atoms with van der Waals surface area (Å²) < 4.78 is 0. The van der Waals surface area contributed by atoms with Gasteiger partial charge in [-0.3, -0.25) is 14.9 Å². The molecule has 22 heavy (non-hydrogen) atoms. The summed E-state index contributed by atoms with van der Waals surface area (Å²) in [6.07, 6.45) is 0.940. The first-order valence-corrected chi connectivity index (χ1v) is 7.74. The fraction of sp³-hybridized carbons (Fsp3) is 0.471. The SMILES string of the molecule is CC1=Nc2ccc(C(C)C)cc2CN1C1CCC(=O)NC1=O. The minimum absolute atomic E-state index is 0.185. The molecule has 0 radical (unpaired) electrons. The molecule has 0 bridgehead atoms. The van der Waals surface area contributed by atoms with Crippen molar-refractivity contribution in [3.63, 3.8) is 0 Å². The van der Waals surface area contributed by atoms with Crippen molar-refractivity contribution >= 4 is 23.3 Å². The lowest BCUT2D eigenvalue weighted by molar-refractivity contribution is -0.136. The second-order valence-corrected chi connectivity index (χ2v) is 6.30. The molecule has 5 nitrogen and oxygen atoms in total. The zero-order chi connectivity index (χ0) is 15.9. The standard InChI is InChI=1S/C17H21N3O2/c1-10(2)12-4-5-14-13(8-12)9-20(11(3)18-14)15-6-7-16(21)19-17(15)22/h4-5,8,10,15H,6-7,9H2,1-3H3,(H,19,21,22). The second kappa shape index (κ2) is 5.55. The van der Waals surface area contributed by atoms with E-state index in [9.17, 15) is 9.59 Å². The molecule has 2 aliphatic rings. The number of hydrogen-bond acceptors (Lipinski definition) is 4. The monoisotopic (exact) mass is 299 g/mol. The third-order valence-corrected chi connectivity index (χ3v) is 4.40. The van der Waals surface area contributed by atoms with Crippen LogP contribution in [-0.2, 0) is 16.1 Å². The number of nitrogens with one attached hydrogen (secondary N) is 1. The summed E-state index contributed by atoms with van der Waals surface area (Å²) >= 11 is 0. The Hall–Kier alpha value is -2.17. The maximum atomic E-state index is 12.1. The van der Waals surface area contributed by atoms with Crippen molar-refractivity contribution in [3.8, 4) is 0 Å². The Morgan fingerprint density at radius 1 is 1.32 bits per heavy atom. The zero-order valence-electron chi connectivity index (χ0n) is 13.2. The van der Waals surface area contributed by atoms with E-state index in [1.165, 1.54) is 5.56 Å². The second-order valence-electron chi connectivity index (χ2n) is 6.30. The minimum Gasteiger partial charge on any atom is -0.344 e. The largest absolute Gasteiger partial charge is 0.344 e. The van der Waals surface area contributed by atoms with E-state index in [2.05, 4.69) is 42.4 Å². The number of aliphatic imine (C=N–C) groups is 1. The van der Waals surface area contributed by atoms with Crippen molar-refractivity contribution in [3.05, 3.63) is 29.3 Å². The molecule has 1 fully saturated rings. The number of amidine groups is 1. The molecule has 1 atom stereocenters. The van der Waals surface area contributed by atoms with Crippen LogP contribution < -0.4 is 5.32 Å². The molecule has 1 aromatic carbocycles. The Morgan fingerprint density at radius 3 is 2.77 bits per heavy atom. The van der Waals surface area contributed by atoms with E-state index in [4.69, 9.17) is 0 Å². The predicted molar refractivity (Wildman–Crippen MR) is 85.0 cm³/mol. The molecule has 1 aromatic rings. The number of carbonyl (C=O) groups excluding carboxylic acids is 2. The zero-order valence-corrected chi connectivity index (χ0v) is 13.2. The highest BCUT2D eigenvalue weighted by molar-refractivity contribution is 6.02. The average molecular weight is 299 g/mol. The number of imide groups is 1. The molecular formula is C17H21N3O2. The van der Waals surface area contributed by atoms with Gasteiger partial charge in [0, 0.05) is 13.0 Å². The molecule has 1 N–H and O–H groups in total. The van der Waals surface area contributed by atoms with E-state index in [0.717, 1.165) is 17.1 Å². The fourth-order valence-corrected chi connectivity index (χ4v) is 3.05. The molecule has 1 unspecified atom stereocenters. The topological polar surface area (TPSA) is 61.8 Å². The highest BCUT2D eigenvalue weighted by Gasteiger charge is 2.34. The van der Waals surface area contributed by atoms with E-state index in [1.54, 1.807) is 0 Å². The molecule has 5 heteroatoms. The lowest BCUT2D eigenvalue weighted by Crippen LogP contribution is -2.54. The summed E-state index contributed by atoms with van der Waals surface area (Å²) in [5.41, 5.74) is 3.39. The Morgan fingerprint density at radius 2 is 2.09 bits per heavy atom. The van der Waals surface area contributed by atoms with E-state index in [-0.39, 0.29) is 17.9 Å². The van der Waals surface area contributed by atoms with Crippen molar-refractivity contribution in [2.75, 3.05) is 0 Å². The number of hydrogen-bond donors (Lipinski definition) is 1. The molecule has 2 heterocycles. The van der Waals surface area contributed by atoms with Crippen molar-refractivity contribution < 1.29 is 9.59 Å². The van der Waals surface area contributed by atoms with Gasteiger partial charge in [-0.15, -0.1) is 0 Å². The van der Waals surface area contributed by atoms with Crippen molar-refractivity contribution in [1.29, 1.82) is 0 Å². The van der Waals surface area contributed by atoms with Crippen LogP contribution in [0.4, 0.5) is 5.69 Å². The summed E-state index contributed by atoms with van der Waals surface area (Å²) in [7, 11) is 0. The van der Waals surface area contributed by atoms with Gasteiger partial charge in [-0.25, -0.2) is 4.99 Å². The Balaban J connectivity index is 1.89. The third-order valence-electron chi connectivity index (χ3n) is 4.40. The van der Waals surface area contributed by atoms with Gasteiger partial charge in [-0.1, -0.05) is 26.0 Å². The van der Waals surface area contributed by atoms with Crippen LogP contribution in [0.1, 0.15) is 50.7 Å². The molecule has 2 aliphatic heterocycles.